The van der Waals surface area contributed by atoms with Gasteiger partial charge in [-0.15, -0.1) is 11.3 Å². The third kappa shape index (κ3) is 3.64. The monoisotopic (exact) mass is 336 g/mol. The van der Waals surface area contributed by atoms with Crippen LogP contribution in [0.2, 0.25) is 0 Å². The van der Waals surface area contributed by atoms with E-state index >= 15 is 0 Å². The third-order valence-corrected chi connectivity index (χ3v) is 4.84. The molecule has 1 aliphatic heterocycles. The predicted octanol–water partition coefficient (Wildman–Crippen LogP) is 2.62. The largest absolute Gasteiger partial charge is 0.503 e. The fraction of sp³-hybridized carbons (Fsp3) is 0.529. The van der Waals surface area contributed by atoms with E-state index in [2.05, 4.69) is 0 Å². The van der Waals surface area contributed by atoms with Crippen LogP contribution in [-0.4, -0.2) is 53.8 Å². The number of amides is 1. The van der Waals surface area contributed by atoms with Crippen molar-refractivity contribution in [1.82, 2.24) is 9.80 Å². The molecule has 6 heteroatoms. The SMILES string of the molecule is CC(C)C(=O)C1=C(O)C(=O)N(CCCN(C)C)C1c1cccs1. The van der Waals surface area contributed by atoms with Crippen molar-refractivity contribution in [3.8, 4) is 0 Å². The van der Waals surface area contributed by atoms with Gasteiger partial charge in [0, 0.05) is 17.3 Å². The van der Waals surface area contributed by atoms with Crippen molar-refractivity contribution in [1.29, 1.82) is 0 Å². The average molecular weight is 336 g/mol. The molecule has 126 valence electrons. The summed E-state index contributed by atoms with van der Waals surface area (Å²) in [5, 5.41) is 12.2. The molecule has 0 bridgehead atoms. The standard InChI is InChI=1S/C17H24N2O3S/c1-11(2)15(20)13-14(12-7-5-10-23-12)19(17(22)16(13)21)9-6-8-18(3)4/h5,7,10-11,14,21H,6,8-9H2,1-4H3. The first-order chi connectivity index (χ1) is 10.8. The first-order valence-corrected chi connectivity index (χ1v) is 8.69. The van der Waals surface area contributed by atoms with Crippen molar-refractivity contribution in [2.45, 2.75) is 26.3 Å². The van der Waals surface area contributed by atoms with Gasteiger partial charge in [-0.1, -0.05) is 19.9 Å². The number of hydrogen-bond donors (Lipinski definition) is 1. The Kier molecular flexibility index (Phi) is 5.59. The summed E-state index contributed by atoms with van der Waals surface area (Å²) in [5.74, 6) is -1.24. The lowest BCUT2D eigenvalue weighted by atomic mass is 9.95. The molecular formula is C17H24N2O3S. The van der Waals surface area contributed by atoms with Crippen LogP contribution in [0.15, 0.2) is 28.8 Å². The number of thiophene rings is 1. The van der Waals surface area contributed by atoms with Gasteiger partial charge in [0.1, 0.15) is 0 Å². The highest BCUT2D eigenvalue weighted by molar-refractivity contribution is 7.10. The van der Waals surface area contributed by atoms with Crippen LogP contribution >= 0.6 is 11.3 Å². The van der Waals surface area contributed by atoms with Crippen molar-refractivity contribution >= 4 is 23.0 Å². The lowest BCUT2D eigenvalue weighted by molar-refractivity contribution is -0.129. The molecule has 1 unspecified atom stereocenters. The molecule has 1 atom stereocenters. The van der Waals surface area contributed by atoms with Crippen LogP contribution in [0, 0.1) is 5.92 Å². The summed E-state index contributed by atoms with van der Waals surface area (Å²) in [5.41, 5.74) is 0.248. The highest BCUT2D eigenvalue weighted by Crippen LogP contribution is 2.40. The van der Waals surface area contributed by atoms with Gasteiger partial charge in [-0.25, -0.2) is 0 Å². The molecule has 0 radical (unpaired) electrons. The quantitative estimate of drug-likeness (QED) is 0.831. The second-order valence-corrected chi connectivity index (χ2v) is 7.33. The van der Waals surface area contributed by atoms with Crippen molar-refractivity contribution < 1.29 is 14.7 Å². The summed E-state index contributed by atoms with van der Waals surface area (Å²) >= 11 is 1.50. The summed E-state index contributed by atoms with van der Waals surface area (Å²) in [4.78, 5) is 29.6. The zero-order valence-electron chi connectivity index (χ0n) is 14.1. The van der Waals surface area contributed by atoms with Gasteiger partial charge in [-0.2, -0.15) is 0 Å². The van der Waals surface area contributed by atoms with E-state index in [-0.39, 0.29) is 23.0 Å². The van der Waals surface area contributed by atoms with E-state index in [9.17, 15) is 14.7 Å². The summed E-state index contributed by atoms with van der Waals surface area (Å²) in [6, 6.07) is 3.35. The normalized spacial score (nSPS) is 18.6. The number of aliphatic hydroxyl groups excluding tert-OH is 1. The van der Waals surface area contributed by atoms with E-state index in [1.165, 1.54) is 11.3 Å². The van der Waals surface area contributed by atoms with Gasteiger partial charge in [0.2, 0.25) is 0 Å². The topological polar surface area (TPSA) is 60.9 Å². The predicted molar refractivity (Wildman–Crippen MR) is 91.4 cm³/mol. The van der Waals surface area contributed by atoms with Gasteiger partial charge >= 0.3 is 0 Å². The number of carbonyl (C=O) groups excluding carboxylic acids is 2. The minimum Gasteiger partial charge on any atom is -0.503 e. The van der Waals surface area contributed by atoms with Crippen LogP contribution in [-0.2, 0) is 9.59 Å². The van der Waals surface area contributed by atoms with E-state index in [0.717, 1.165) is 17.8 Å². The molecule has 0 aliphatic carbocycles. The number of ketones is 1. The maximum absolute atomic E-state index is 12.5. The molecule has 5 nitrogen and oxygen atoms in total. The van der Waals surface area contributed by atoms with Gasteiger partial charge in [0.25, 0.3) is 5.91 Å². The summed E-state index contributed by atoms with van der Waals surface area (Å²) in [7, 11) is 3.96. The second-order valence-electron chi connectivity index (χ2n) is 6.35. The van der Waals surface area contributed by atoms with Crippen LogP contribution < -0.4 is 0 Å². The number of carbonyl (C=O) groups is 2. The second kappa shape index (κ2) is 7.27. The molecule has 1 N–H and O–H groups in total. The Balaban J connectivity index is 2.33. The van der Waals surface area contributed by atoms with Crippen LogP contribution in [0.25, 0.3) is 0 Å². The Hall–Kier alpha value is -1.66. The van der Waals surface area contributed by atoms with Crippen LogP contribution in [0.3, 0.4) is 0 Å². The van der Waals surface area contributed by atoms with E-state index in [4.69, 9.17) is 0 Å². The first-order valence-electron chi connectivity index (χ1n) is 7.81. The molecule has 0 spiro atoms. The van der Waals surface area contributed by atoms with Gasteiger partial charge in [0.05, 0.1) is 11.6 Å². The molecule has 1 aliphatic rings. The zero-order chi connectivity index (χ0) is 17.1. The van der Waals surface area contributed by atoms with Crippen molar-refractivity contribution in [3.63, 3.8) is 0 Å². The molecule has 0 aromatic carbocycles. The highest BCUT2D eigenvalue weighted by Gasteiger charge is 2.43. The molecular weight excluding hydrogens is 312 g/mol. The fourth-order valence-electron chi connectivity index (χ4n) is 2.75. The van der Waals surface area contributed by atoms with E-state index in [1.54, 1.807) is 18.7 Å². The maximum atomic E-state index is 12.5. The van der Waals surface area contributed by atoms with Gasteiger partial charge in [-0.3, -0.25) is 9.59 Å². The lowest BCUT2D eigenvalue weighted by Gasteiger charge is -2.26. The Morgan fingerprint density at radius 3 is 2.65 bits per heavy atom. The van der Waals surface area contributed by atoms with Crippen molar-refractivity contribution in [3.05, 3.63) is 33.7 Å². The Morgan fingerprint density at radius 2 is 2.13 bits per heavy atom. The zero-order valence-corrected chi connectivity index (χ0v) is 14.9. The lowest BCUT2D eigenvalue weighted by Crippen LogP contribution is -2.33. The smallest absolute Gasteiger partial charge is 0.290 e. The van der Waals surface area contributed by atoms with Crippen LogP contribution in [0.1, 0.15) is 31.2 Å². The fourth-order valence-corrected chi connectivity index (χ4v) is 3.59. The van der Waals surface area contributed by atoms with Crippen LogP contribution in [0.4, 0.5) is 0 Å². The summed E-state index contributed by atoms with van der Waals surface area (Å²) < 4.78 is 0. The maximum Gasteiger partial charge on any atom is 0.290 e. The number of Topliss-reactive ketones (excluding diaryl/α,β-unsaturated/α-hetero) is 1. The molecule has 0 saturated carbocycles. The van der Waals surface area contributed by atoms with Gasteiger partial charge < -0.3 is 14.9 Å². The molecule has 1 amide bonds. The van der Waals surface area contributed by atoms with Gasteiger partial charge in [0.15, 0.2) is 11.5 Å². The Morgan fingerprint density at radius 1 is 1.43 bits per heavy atom. The van der Waals surface area contributed by atoms with E-state index < -0.39 is 11.9 Å². The Labute approximate surface area is 141 Å². The number of aliphatic hydroxyl groups is 1. The van der Waals surface area contributed by atoms with Crippen molar-refractivity contribution in [2.75, 3.05) is 27.2 Å². The molecule has 23 heavy (non-hydrogen) atoms. The minimum atomic E-state index is -0.459. The number of rotatable bonds is 7. The highest BCUT2D eigenvalue weighted by atomic mass is 32.1. The molecule has 2 rings (SSSR count). The summed E-state index contributed by atoms with van der Waals surface area (Å²) in [6.45, 7) is 4.92. The van der Waals surface area contributed by atoms with Gasteiger partial charge in [-0.05, 0) is 38.5 Å². The van der Waals surface area contributed by atoms with E-state index in [1.807, 2.05) is 36.5 Å². The third-order valence-electron chi connectivity index (χ3n) is 3.91. The molecule has 2 heterocycles. The summed E-state index contributed by atoms with van der Waals surface area (Å²) in [6.07, 6.45) is 0.789. The molecule has 1 aromatic rings. The van der Waals surface area contributed by atoms with Crippen molar-refractivity contribution in [2.24, 2.45) is 5.92 Å². The molecule has 0 fully saturated rings. The Bertz CT molecular complexity index is 605. The average Bonchev–Trinajstić information content (AvgIpc) is 3.08. The molecule has 1 aromatic heterocycles. The van der Waals surface area contributed by atoms with E-state index in [0.29, 0.717) is 6.54 Å². The first kappa shape index (κ1) is 17.7. The number of hydrogen-bond acceptors (Lipinski definition) is 5. The van der Waals surface area contributed by atoms with Crippen LogP contribution in [0.5, 0.6) is 0 Å². The molecule has 0 saturated heterocycles. The minimum absolute atomic E-state index is 0.163. The number of nitrogens with zero attached hydrogens (tertiary/aromatic N) is 2.